The minimum atomic E-state index is -4.50. The molecule has 1 aliphatic rings. The second-order valence-corrected chi connectivity index (χ2v) is 10.5. The molecular weight excluding hydrogens is 441 g/mol. The highest BCUT2D eigenvalue weighted by Crippen LogP contribution is 2.32. The number of aromatic nitrogens is 1. The number of pyridine rings is 1. The Labute approximate surface area is 186 Å². The van der Waals surface area contributed by atoms with Crippen molar-refractivity contribution in [1.29, 1.82) is 0 Å². The normalized spacial score (nSPS) is 14.7. The van der Waals surface area contributed by atoms with E-state index in [9.17, 15) is 26.4 Å². The number of carbonyl (C=O) groups excluding carboxylic acids is 1. The highest BCUT2D eigenvalue weighted by molar-refractivity contribution is 7.90. The maximum Gasteiger partial charge on any atom is 0.433 e. The Morgan fingerprint density at radius 2 is 1.62 bits per heavy atom. The molecule has 0 N–H and O–H groups in total. The summed E-state index contributed by atoms with van der Waals surface area (Å²) in [6, 6.07) is 9.68. The van der Waals surface area contributed by atoms with E-state index in [1.54, 1.807) is 0 Å². The molecule has 0 saturated carbocycles. The topological polar surface area (TPSA) is 67.3 Å². The van der Waals surface area contributed by atoms with Gasteiger partial charge in [0.05, 0.1) is 5.75 Å². The van der Waals surface area contributed by atoms with E-state index in [1.807, 2.05) is 29.2 Å². The standard InChI is InChI=1S/C23H27F3N2O3S/c1-32(30,31)15-12-17-4-6-18(7-5-17)16-20(29)10-8-19-9-11-21(23(24,25)26)27-22(19)28-13-2-3-14-28/h4-7,9,11H,2-3,8,10,12-16H2,1H3. The van der Waals surface area contributed by atoms with Crippen molar-refractivity contribution in [2.24, 2.45) is 0 Å². The van der Waals surface area contributed by atoms with Crippen LogP contribution in [0.15, 0.2) is 36.4 Å². The van der Waals surface area contributed by atoms with E-state index in [0.717, 1.165) is 30.0 Å². The Hall–Kier alpha value is -2.42. The zero-order chi connectivity index (χ0) is 23.4. The van der Waals surface area contributed by atoms with Crippen LogP contribution in [0.5, 0.6) is 0 Å². The van der Waals surface area contributed by atoms with Crippen LogP contribution in [0.2, 0.25) is 0 Å². The molecule has 0 spiro atoms. The van der Waals surface area contributed by atoms with Gasteiger partial charge in [-0.15, -0.1) is 0 Å². The average molecular weight is 469 g/mol. The van der Waals surface area contributed by atoms with E-state index in [0.29, 0.717) is 37.3 Å². The highest BCUT2D eigenvalue weighted by atomic mass is 32.2. The molecule has 0 bridgehead atoms. The number of ketones is 1. The smallest absolute Gasteiger partial charge is 0.356 e. The number of alkyl halides is 3. The van der Waals surface area contributed by atoms with Crippen molar-refractivity contribution < 1.29 is 26.4 Å². The number of benzene rings is 1. The Kier molecular flexibility index (Phi) is 7.59. The first kappa shape index (κ1) is 24.2. The molecule has 174 valence electrons. The van der Waals surface area contributed by atoms with Crippen LogP contribution in [0.25, 0.3) is 0 Å². The maximum atomic E-state index is 13.1. The van der Waals surface area contributed by atoms with Gasteiger partial charge < -0.3 is 4.90 Å². The number of Topliss-reactive ketones (excluding diaryl/α,β-unsaturated/α-hetero) is 1. The molecule has 32 heavy (non-hydrogen) atoms. The molecule has 0 unspecified atom stereocenters. The van der Waals surface area contributed by atoms with Crippen molar-refractivity contribution >= 4 is 21.4 Å². The predicted molar refractivity (Wildman–Crippen MR) is 118 cm³/mol. The van der Waals surface area contributed by atoms with Gasteiger partial charge in [-0.1, -0.05) is 30.3 Å². The summed E-state index contributed by atoms with van der Waals surface area (Å²) in [7, 11) is -3.03. The van der Waals surface area contributed by atoms with E-state index in [1.165, 1.54) is 12.3 Å². The van der Waals surface area contributed by atoms with Gasteiger partial charge in [0.2, 0.25) is 0 Å². The molecule has 1 aliphatic heterocycles. The van der Waals surface area contributed by atoms with Crippen molar-refractivity contribution in [2.75, 3.05) is 30.0 Å². The molecule has 2 aromatic rings. The number of hydrogen-bond acceptors (Lipinski definition) is 5. The molecule has 2 heterocycles. The third-order valence-corrected chi connectivity index (χ3v) is 6.46. The number of hydrogen-bond donors (Lipinski definition) is 0. The number of halogens is 3. The SMILES string of the molecule is CS(=O)(=O)CCc1ccc(CC(=O)CCc2ccc(C(F)(F)F)nc2N2CCCC2)cc1. The predicted octanol–water partition coefficient (Wildman–Crippen LogP) is 4.03. The van der Waals surface area contributed by atoms with E-state index in [2.05, 4.69) is 4.98 Å². The monoisotopic (exact) mass is 468 g/mol. The Balaban J connectivity index is 1.61. The summed E-state index contributed by atoms with van der Waals surface area (Å²) in [5.74, 6) is 0.396. The highest BCUT2D eigenvalue weighted by Gasteiger charge is 2.34. The number of aryl methyl sites for hydroxylation is 2. The fourth-order valence-corrected chi connectivity index (χ4v) is 4.36. The third kappa shape index (κ3) is 7.05. The minimum Gasteiger partial charge on any atom is -0.356 e. The van der Waals surface area contributed by atoms with E-state index >= 15 is 0 Å². The van der Waals surface area contributed by atoms with E-state index in [-0.39, 0.29) is 24.4 Å². The van der Waals surface area contributed by atoms with Crippen LogP contribution >= 0.6 is 0 Å². The van der Waals surface area contributed by atoms with Gasteiger partial charge >= 0.3 is 6.18 Å². The molecular formula is C23H27F3N2O3S. The van der Waals surface area contributed by atoms with Gasteiger partial charge in [-0.25, -0.2) is 13.4 Å². The third-order valence-electron chi connectivity index (χ3n) is 5.51. The van der Waals surface area contributed by atoms with E-state index in [4.69, 9.17) is 0 Å². The van der Waals surface area contributed by atoms with Crippen LogP contribution < -0.4 is 4.90 Å². The lowest BCUT2D eigenvalue weighted by molar-refractivity contribution is -0.141. The van der Waals surface area contributed by atoms with Gasteiger partial charge in [-0.05, 0) is 48.4 Å². The molecule has 0 radical (unpaired) electrons. The molecule has 0 amide bonds. The first-order valence-electron chi connectivity index (χ1n) is 10.6. The molecule has 1 fully saturated rings. The van der Waals surface area contributed by atoms with Crippen LogP contribution in [-0.2, 0) is 40.1 Å². The van der Waals surface area contributed by atoms with Crippen molar-refractivity contribution in [1.82, 2.24) is 4.98 Å². The Morgan fingerprint density at radius 1 is 1.00 bits per heavy atom. The van der Waals surface area contributed by atoms with E-state index < -0.39 is 21.7 Å². The van der Waals surface area contributed by atoms with Crippen LogP contribution in [0.4, 0.5) is 19.0 Å². The summed E-state index contributed by atoms with van der Waals surface area (Å²) in [5, 5.41) is 0. The lowest BCUT2D eigenvalue weighted by atomic mass is 10.0. The summed E-state index contributed by atoms with van der Waals surface area (Å²) in [4.78, 5) is 18.2. The summed E-state index contributed by atoms with van der Waals surface area (Å²) >= 11 is 0. The fraction of sp³-hybridized carbons (Fsp3) is 0.478. The van der Waals surface area contributed by atoms with Gasteiger partial charge in [0, 0.05) is 32.2 Å². The van der Waals surface area contributed by atoms with Crippen LogP contribution in [0.3, 0.4) is 0 Å². The van der Waals surface area contributed by atoms with Crippen molar-refractivity contribution in [3.8, 4) is 0 Å². The quantitative estimate of drug-likeness (QED) is 0.556. The maximum absolute atomic E-state index is 13.1. The van der Waals surface area contributed by atoms with Gasteiger partial charge in [-0.3, -0.25) is 4.79 Å². The van der Waals surface area contributed by atoms with Crippen LogP contribution in [0, 0.1) is 0 Å². The van der Waals surface area contributed by atoms with Crippen LogP contribution in [0.1, 0.15) is 41.6 Å². The van der Waals surface area contributed by atoms with Crippen molar-refractivity contribution in [3.63, 3.8) is 0 Å². The molecule has 0 aliphatic carbocycles. The summed E-state index contributed by atoms with van der Waals surface area (Å²) in [6.07, 6.45) is -0.288. The van der Waals surface area contributed by atoms with Crippen LogP contribution in [-0.4, -0.2) is 44.3 Å². The van der Waals surface area contributed by atoms with Crippen molar-refractivity contribution in [3.05, 3.63) is 58.8 Å². The molecule has 5 nitrogen and oxygen atoms in total. The number of nitrogens with zero attached hydrogens (tertiary/aromatic N) is 2. The van der Waals surface area contributed by atoms with Gasteiger partial charge in [0.25, 0.3) is 0 Å². The van der Waals surface area contributed by atoms with Gasteiger partial charge in [-0.2, -0.15) is 13.2 Å². The molecule has 1 aromatic heterocycles. The number of rotatable bonds is 9. The second kappa shape index (κ2) is 10.0. The number of sulfone groups is 1. The molecule has 1 aromatic carbocycles. The lowest BCUT2D eigenvalue weighted by Crippen LogP contribution is -2.23. The fourth-order valence-electron chi connectivity index (χ4n) is 3.75. The number of carbonyl (C=O) groups is 1. The first-order chi connectivity index (χ1) is 15.0. The molecule has 0 atom stereocenters. The second-order valence-electron chi connectivity index (χ2n) is 8.28. The largest absolute Gasteiger partial charge is 0.433 e. The summed E-state index contributed by atoms with van der Waals surface area (Å²) < 4.78 is 61.9. The Bertz CT molecular complexity index is 1050. The Morgan fingerprint density at radius 3 is 2.22 bits per heavy atom. The summed E-state index contributed by atoms with van der Waals surface area (Å²) in [5.41, 5.74) is 1.45. The zero-order valence-corrected chi connectivity index (χ0v) is 18.8. The zero-order valence-electron chi connectivity index (χ0n) is 18.0. The molecule has 1 saturated heterocycles. The lowest BCUT2D eigenvalue weighted by Gasteiger charge is -2.21. The van der Waals surface area contributed by atoms with Gasteiger partial charge in [0.1, 0.15) is 27.1 Å². The molecule has 9 heteroatoms. The first-order valence-corrected chi connectivity index (χ1v) is 12.7. The number of anilines is 1. The molecule has 3 rings (SSSR count). The average Bonchev–Trinajstić information content (AvgIpc) is 3.25. The van der Waals surface area contributed by atoms with Crippen molar-refractivity contribution in [2.45, 2.75) is 44.7 Å². The summed E-state index contributed by atoms with van der Waals surface area (Å²) in [6.45, 7) is 1.34. The van der Waals surface area contributed by atoms with Gasteiger partial charge in [0.15, 0.2) is 0 Å². The minimum absolute atomic E-state index is 0.0128.